The van der Waals surface area contributed by atoms with Gasteiger partial charge in [0.25, 0.3) is 0 Å². The first-order valence-corrected chi connectivity index (χ1v) is 17.1. The highest BCUT2D eigenvalue weighted by Crippen LogP contribution is 2.43. The molecule has 0 spiro atoms. The van der Waals surface area contributed by atoms with Gasteiger partial charge in [-0.05, 0) is 32.1 Å². The molecule has 7 nitrogen and oxygen atoms in total. The first-order chi connectivity index (χ1) is 18.1. The van der Waals surface area contributed by atoms with Crippen LogP contribution in [0.4, 0.5) is 0 Å². The normalized spacial score (nSPS) is 14.4. The average Bonchev–Trinajstić information content (AvgIpc) is 2.83. The van der Waals surface area contributed by atoms with Gasteiger partial charge in [-0.15, -0.1) is 0 Å². The van der Waals surface area contributed by atoms with E-state index in [9.17, 15) is 14.3 Å². The number of phosphoric ester groups is 1. The molecule has 1 N–H and O–H groups in total. The number of nitrogens with zero attached hydrogens (tertiary/aromatic N) is 1. The summed E-state index contributed by atoms with van der Waals surface area (Å²) in [6.07, 6.45) is 23.4. The summed E-state index contributed by atoms with van der Waals surface area (Å²) in [4.78, 5) is 21.4. The monoisotopic (exact) mass is 564 g/mol. The van der Waals surface area contributed by atoms with Gasteiger partial charge in [-0.25, -0.2) is 4.57 Å². The van der Waals surface area contributed by atoms with E-state index in [1.165, 1.54) is 90.4 Å². The number of rotatable bonds is 28. The van der Waals surface area contributed by atoms with Crippen molar-refractivity contribution in [3.05, 3.63) is 0 Å². The summed E-state index contributed by atoms with van der Waals surface area (Å²) in [6, 6.07) is 0. The van der Waals surface area contributed by atoms with Crippen LogP contribution in [-0.2, 0) is 23.1 Å². The van der Waals surface area contributed by atoms with Gasteiger partial charge >= 0.3 is 13.8 Å². The number of hydrogen-bond donors (Lipinski definition) is 1. The lowest BCUT2D eigenvalue weighted by atomic mass is 10.0. The summed E-state index contributed by atoms with van der Waals surface area (Å²) in [5.74, 6) is -0.401. The first kappa shape index (κ1) is 37.5. The maximum absolute atomic E-state index is 12.2. The number of hydrogen-bond acceptors (Lipinski definition) is 5. The molecule has 0 aliphatic rings. The van der Waals surface area contributed by atoms with Gasteiger partial charge in [0.2, 0.25) is 0 Å². The zero-order valence-electron chi connectivity index (χ0n) is 25.7. The lowest BCUT2D eigenvalue weighted by molar-refractivity contribution is -0.870. The molecule has 0 rings (SSSR count). The Morgan fingerprint density at radius 1 is 0.711 bits per heavy atom. The smallest absolute Gasteiger partial charge is 0.460 e. The van der Waals surface area contributed by atoms with Crippen LogP contribution in [0.3, 0.4) is 0 Å². The van der Waals surface area contributed by atoms with E-state index in [0.29, 0.717) is 6.42 Å². The number of quaternary nitrogens is 1. The molecular formula is C30H63NO6P+. The van der Waals surface area contributed by atoms with Crippen molar-refractivity contribution >= 4 is 13.8 Å². The molecule has 0 aromatic heterocycles. The van der Waals surface area contributed by atoms with Crippen molar-refractivity contribution in [1.82, 2.24) is 0 Å². The van der Waals surface area contributed by atoms with Crippen LogP contribution in [0, 0.1) is 0 Å². The summed E-state index contributed by atoms with van der Waals surface area (Å²) in [6.45, 7) is 4.80. The fraction of sp³-hybridized carbons (Fsp3) is 0.967. The van der Waals surface area contributed by atoms with E-state index in [1.807, 2.05) is 0 Å². The summed E-state index contributed by atoms with van der Waals surface area (Å²) in [5.41, 5.74) is 0. The van der Waals surface area contributed by atoms with E-state index in [2.05, 4.69) is 28.1 Å². The lowest BCUT2D eigenvalue weighted by Gasteiger charge is -2.23. The van der Waals surface area contributed by atoms with Crippen molar-refractivity contribution < 1.29 is 32.5 Å². The van der Waals surface area contributed by atoms with Crippen LogP contribution in [-0.4, -0.2) is 62.4 Å². The summed E-state index contributed by atoms with van der Waals surface area (Å²) < 4.78 is 28.7. The zero-order chi connectivity index (χ0) is 28.5. The first-order valence-electron chi connectivity index (χ1n) is 15.7. The number of carbonyl (C=O) groups is 1. The predicted octanol–water partition coefficient (Wildman–Crippen LogP) is 8.58. The minimum atomic E-state index is -4.14. The van der Waals surface area contributed by atoms with Crippen LogP contribution in [0.5, 0.6) is 0 Å². The van der Waals surface area contributed by atoms with Crippen LogP contribution >= 0.6 is 7.82 Å². The molecule has 0 saturated carbocycles. The van der Waals surface area contributed by atoms with Gasteiger partial charge in [0.05, 0.1) is 40.9 Å². The Morgan fingerprint density at radius 3 is 1.63 bits per heavy atom. The van der Waals surface area contributed by atoms with Gasteiger partial charge in [-0.1, -0.05) is 103 Å². The topological polar surface area (TPSA) is 82.1 Å². The second kappa shape index (κ2) is 24.3. The van der Waals surface area contributed by atoms with Crippen molar-refractivity contribution in [2.24, 2.45) is 0 Å². The Labute approximate surface area is 235 Å². The fourth-order valence-electron chi connectivity index (χ4n) is 4.59. The molecule has 0 fully saturated rings. The highest BCUT2D eigenvalue weighted by Gasteiger charge is 2.24. The van der Waals surface area contributed by atoms with Gasteiger partial charge in [0, 0.05) is 6.92 Å². The van der Waals surface area contributed by atoms with E-state index in [0.717, 1.165) is 49.6 Å². The van der Waals surface area contributed by atoms with E-state index >= 15 is 0 Å². The number of ether oxygens (including phenoxy) is 1. The Balaban J connectivity index is 3.82. The Morgan fingerprint density at radius 2 is 1.16 bits per heavy atom. The summed E-state index contributed by atoms with van der Waals surface area (Å²) in [5, 5.41) is 0. The minimum Gasteiger partial charge on any atom is -0.460 e. The largest absolute Gasteiger partial charge is 0.472 e. The quantitative estimate of drug-likeness (QED) is 0.0443. The lowest BCUT2D eigenvalue weighted by Crippen LogP contribution is -2.35. The van der Waals surface area contributed by atoms with Gasteiger partial charge < -0.3 is 14.1 Å². The van der Waals surface area contributed by atoms with Crippen LogP contribution in [0.25, 0.3) is 0 Å². The molecule has 0 saturated heterocycles. The van der Waals surface area contributed by atoms with Crippen molar-refractivity contribution in [3.8, 4) is 0 Å². The average molecular weight is 565 g/mol. The second-order valence-corrected chi connectivity index (χ2v) is 13.4. The molecule has 2 atom stereocenters. The molecule has 8 heteroatoms. The molecule has 0 aliphatic heterocycles. The van der Waals surface area contributed by atoms with Crippen molar-refractivity contribution in [3.63, 3.8) is 0 Å². The van der Waals surface area contributed by atoms with Crippen molar-refractivity contribution in [2.75, 3.05) is 40.9 Å². The minimum absolute atomic E-state index is 0.116. The standard InChI is InChI=1S/C30H62NO6P/c1-6-7-8-9-10-11-12-13-14-15-16-17-18-19-22-25-30(37-29(2)32)28-36-38(33,34)35-27-24-21-20-23-26-31(3,4)5/h30H,6-28H2,1-5H3/p+1. The van der Waals surface area contributed by atoms with Crippen molar-refractivity contribution in [2.45, 2.75) is 148 Å². The molecular weight excluding hydrogens is 501 g/mol. The number of phosphoric acid groups is 1. The number of carbonyl (C=O) groups excluding carboxylic acids is 1. The highest BCUT2D eigenvalue weighted by atomic mass is 31.2. The van der Waals surface area contributed by atoms with Gasteiger partial charge in [-0.2, -0.15) is 0 Å². The number of unbranched alkanes of at least 4 members (excludes halogenated alkanes) is 17. The van der Waals surface area contributed by atoms with Crippen LogP contribution in [0.15, 0.2) is 0 Å². The maximum atomic E-state index is 12.2. The number of esters is 1. The molecule has 0 amide bonds. The SMILES string of the molecule is CCCCCCCCCCCCCCCCCC(COP(=O)(O)OCCCCCC[N+](C)(C)C)OC(C)=O. The zero-order valence-corrected chi connectivity index (χ0v) is 26.6. The van der Waals surface area contributed by atoms with Gasteiger partial charge in [0.15, 0.2) is 0 Å². The van der Waals surface area contributed by atoms with Gasteiger partial charge in [0.1, 0.15) is 6.10 Å². The third kappa shape index (κ3) is 28.5. The highest BCUT2D eigenvalue weighted by molar-refractivity contribution is 7.47. The third-order valence-electron chi connectivity index (χ3n) is 6.86. The summed E-state index contributed by atoms with van der Waals surface area (Å²) in [7, 11) is 2.38. The molecule has 0 aliphatic carbocycles. The Kier molecular flexibility index (Phi) is 24.1. The van der Waals surface area contributed by atoms with E-state index in [-0.39, 0.29) is 13.2 Å². The van der Waals surface area contributed by atoms with Crippen molar-refractivity contribution in [1.29, 1.82) is 0 Å². The van der Waals surface area contributed by atoms with E-state index in [4.69, 9.17) is 13.8 Å². The summed E-state index contributed by atoms with van der Waals surface area (Å²) >= 11 is 0. The molecule has 2 unspecified atom stereocenters. The Bertz CT molecular complexity index is 596. The molecule has 0 radical (unpaired) electrons. The predicted molar refractivity (Wildman–Crippen MR) is 158 cm³/mol. The molecule has 0 aromatic rings. The molecule has 228 valence electrons. The molecule has 38 heavy (non-hydrogen) atoms. The van der Waals surface area contributed by atoms with Crippen LogP contribution < -0.4 is 0 Å². The van der Waals surface area contributed by atoms with E-state index < -0.39 is 19.9 Å². The van der Waals surface area contributed by atoms with Gasteiger partial charge in [-0.3, -0.25) is 13.8 Å². The van der Waals surface area contributed by atoms with Crippen LogP contribution in [0.2, 0.25) is 0 Å². The maximum Gasteiger partial charge on any atom is 0.472 e. The van der Waals surface area contributed by atoms with Crippen LogP contribution in [0.1, 0.15) is 142 Å². The Hall–Kier alpha value is -0.460. The fourth-order valence-corrected chi connectivity index (χ4v) is 5.38. The third-order valence-corrected chi connectivity index (χ3v) is 7.85. The molecule has 0 bridgehead atoms. The molecule has 0 aromatic carbocycles. The van der Waals surface area contributed by atoms with E-state index in [1.54, 1.807) is 0 Å². The second-order valence-electron chi connectivity index (χ2n) is 12.0. The molecule has 0 heterocycles.